The maximum absolute atomic E-state index is 13.0. The van der Waals surface area contributed by atoms with Crippen molar-refractivity contribution in [3.05, 3.63) is 74.5 Å². The van der Waals surface area contributed by atoms with Crippen LogP contribution in [-0.2, 0) is 6.54 Å². The van der Waals surface area contributed by atoms with Crippen molar-refractivity contribution >= 4 is 34.1 Å². The summed E-state index contributed by atoms with van der Waals surface area (Å²) in [6.07, 6.45) is 0. The summed E-state index contributed by atoms with van der Waals surface area (Å²) in [7, 11) is 1.76. The standard InChI is InChI=1S/C23H25ClN2O2/c1-6-26-21-10-8-17(12-19(21)18(14(2)3)13-22(26)27)25(5)23(28)16-7-9-20(24)15(4)11-16/h7-14H,6H2,1-5H3. The zero-order valence-electron chi connectivity index (χ0n) is 16.9. The molecule has 0 unspecified atom stereocenters. The average molecular weight is 397 g/mol. The van der Waals surface area contributed by atoms with Crippen LogP contribution in [0.25, 0.3) is 10.9 Å². The highest BCUT2D eigenvalue weighted by Gasteiger charge is 2.17. The number of pyridine rings is 1. The second-order valence-electron chi connectivity index (χ2n) is 7.37. The molecule has 28 heavy (non-hydrogen) atoms. The lowest BCUT2D eigenvalue weighted by Crippen LogP contribution is -2.26. The number of nitrogens with zero attached hydrogens (tertiary/aromatic N) is 2. The number of carbonyl (C=O) groups excluding carboxylic acids is 1. The van der Waals surface area contributed by atoms with Crippen LogP contribution >= 0.6 is 11.6 Å². The third kappa shape index (κ3) is 3.57. The zero-order valence-corrected chi connectivity index (χ0v) is 17.7. The van der Waals surface area contributed by atoms with Gasteiger partial charge in [0.2, 0.25) is 0 Å². The molecular weight excluding hydrogens is 372 g/mol. The van der Waals surface area contributed by atoms with Crippen molar-refractivity contribution in [3.63, 3.8) is 0 Å². The van der Waals surface area contributed by atoms with E-state index in [9.17, 15) is 9.59 Å². The van der Waals surface area contributed by atoms with Crippen LogP contribution in [0.1, 0.15) is 48.2 Å². The van der Waals surface area contributed by atoms with Crippen LogP contribution < -0.4 is 10.5 Å². The predicted molar refractivity (Wildman–Crippen MR) is 117 cm³/mol. The Morgan fingerprint density at radius 3 is 2.46 bits per heavy atom. The minimum atomic E-state index is -0.103. The van der Waals surface area contributed by atoms with Gasteiger partial charge in [0.15, 0.2) is 0 Å². The van der Waals surface area contributed by atoms with Crippen LogP contribution in [0.5, 0.6) is 0 Å². The lowest BCUT2D eigenvalue weighted by atomic mass is 9.98. The summed E-state index contributed by atoms with van der Waals surface area (Å²) in [5.41, 5.74) is 4.14. The summed E-state index contributed by atoms with van der Waals surface area (Å²) < 4.78 is 1.76. The van der Waals surface area contributed by atoms with Crippen molar-refractivity contribution in [2.45, 2.75) is 40.2 Å². The summed E-state index contributed by atoms with van der Waals surface area (Å²) in [6.45, 7) is 8.59. The van der Waals surface area contributed by atoms with E-state index in [1.54, 1.807) is 40.8 Å². The number of rotatable bonds is 4. The first-order valence-corrected chi connectivity index (χ1v) is 9.84. The molecule has 0 atom stereocenters. The van der Waals surface area contributed by atoms with Crippen LogP contribution in [0.4, 0.5) is 5.69 Å². The summed E-state index contributed by atoms with van der Waals surface area (Å²) in [5.74, 6) is 0.103. The fourth-order valence-corrected chi connectivity index (χ4v) is 3.62. The molecule has 0 fully saturated rings. The van der Waals surface area contributed by atoms with E-state index in [1.165, 1.54) is 0 Å². The normalized spacial score (nSPS) is 11.2. The summed E-state index contributed by atoms with van der Waals surface area (Å²) in [6, 6.07) is 12.8. The van der Waals surface area contributed by atoms with Crippen LogP contribution in [0.2, 0.25) is 5.02 Å². The Balaban J connectivity index is 2.11. The van der Waals surface area contributed by atoms with Gasteiger partial charge in [0.05, 0.1) is 5.52 Å². The van der Waals surface area contributed by atoms with Crippen LogP contribution in [0, 0.1) is 6.92 Å². The Morgan fingerprint density at radius 2 is 1.86 bits per heavy atom. The first-order chi connectivity index (χ1) is 13.2. The second kappa shape index (κ2) is 7.80. The van der Waals surface area contributed by atoms with Gasteiger partial charge in [0, 0.05) is 41.3 Å². The first kappa shape index (κ1) is 20.2. The lowest BCUT2D eigenvalue weighted by molar-refractivity contribution is 0.0993. The second-order valence-corrected chi connectivity index (χ2v) is 7.77. The summed E-state index contributed by atoms with van der Waals surface area (Å²) in [5, 5.41) is 1.64. The molecule has 2 aromatic carbocycles. The first-order valence-electron chi connectivity index (χ1n) is 9.46. The molecule has 0 N–H and O–H groups in total. The average Bonchev–Trinajstić information content (AvgIpc) is 2.67. The highest BCUT2D eigenvalue weighted by atomic mass is 35.5. The molecule has 5 heteroatoms. The van der Waals surface area contributed by atoms with Gasteiger partial charge in [-0.15, -0.1) is 0 Å². The van der Waals surface area contributed by atoms with Crippen LogP contribution in [-0.4, -0.2) is 17.5 Å². The van der Waals surface area contributed by atoms with Gasteiger partial charge in [-0.3, -0.25) is 9.59 Å². The number of halogens is 1. The number of aromatic nitrogens is 1. The smallest absolute Gasteiger partial charge is 0.258 e. The minimum Gasteiger partial charge on any atom is -0.311 e. The SMILES string of the molecule is CCn1c(=O)cc(C(C)C)c2cc(N(C)C(=O)c3ccc(Cl)c(C)c3)ccc21. The maximum atomic E-state index is 13.0. The number of carbonyl (C=O) groups is 1. The largest absolute Gasteiger partial charge is 0.311 e. The molecule has 4 nitrogen and oxygen atoms in total. The highest BCUT2D eigenvalue weighted by molar-refractivity contribution is 6.31. The highest BCUT2D eigenvalue weighted by Crippen LogP contribution is 2.29. The molecule has 146 valence electrons. The molecule has 0 bridgehead atoms. The van der Waals surface area contributed by atoms with Crippen LogP contribution in [0.15, 0.2) is 47.3 Å². The molecular formula is C23H25ClN2O2. The number of anilines is 1. The van der Waals surface area contributed by atoms with E-state index in [2.05, 4.69) is 13.8 Å². The number of amides is 1. The van der Waals surface area contributed by atoms with Gasteiger partial charge in [0.1, 0.15) is 0 Å². The Kier molecular flexibility index (Phi) is 5.61. The van der Waals surface area contributed by atoms with Crippen molar-refractivity contribution in [1.29, 1.82) is 0 Å². The van der Waals surface area contributed by atoms with E-state index in [0.717, 1.165) is 27.7 Å². The molecule has 3 aromatic rings. The third-order valence-corrected chi connectivity index (χ3v) is 5.59. The van der Waals surface area contributed by atoms with E-state index < -0.39 is 0 Å². The quantitative estimate of drug-likeness (QED) is 0.593. The molecule has 0 aliphatic carbocycles. The monoisotopic (exact) mass is 396 g/mol. The molecule has 0 saturated heterocycles. The fraction of sp³-hybridized carbons (Fsp3) is 0.304. The topological polar surface area (TPSA) is 42.3 Å². The summed E-state index contributed by atoms with van der Waals surface area (Å²) in [4.78, 5) is 27.0. The fourth-order valence-electron chi connectivity index (χ4n) is 3.50. The Bertz CT molecular complexity index is 1120. The van der Waals surface area contributed by atoms with Gasteiger partial charge in [0.25, 0.3) is 11.5 Å². The van der Waals surface area contributed by atoms with Crippen molar-refractivity contribution < 1.29 is 4.79 Å². The molecule has 3 rings (SSSR count). The molecule has 1 heterocycles. The number of fused-ring (bicyclic) bond motifs is 1. The number of hydrogen-bond acceptors (Lipinski definition) is 2. The molecule has 0 spiro atoms. The van der Waals surface area contributed by atoms with Crippen molar-refractivity contribution in [1.82, 2.24) is 4.57 Å². The van der Waals surface area contributed by atoms with Crippen molar-refractivity contribution in [2.75, 3.05) is 11.9 Å². The number of hydrogen-bond donors (Lipinski definition) is 0. The Hall–Kier alpha value is -2.59. The number of benzene rings is 2. The Labute approximate surface area is 170 Å². The van der Waals surface area contributed by atoms with Gasteiger partial charge >= 0.3 is 0 Å². The third-order valence-electron chi connectivity index (χ3n) is 5.16. The van der Waals surface area contributed by atoms with E-state index >= 15 is 0 Å². The van der Waals surface area contributed by atoms with E-state index in [-0.39, 0.29) is 17.4 Å². The summed E-state index contributed by atoms with van der Waals surface area (Å²) >= 11 is 6.08. The number of aryl methyl sites for hydroxylation is 2. The van der Waals surface area contributed by atoms with Gasteiger partial charge in [-0.25, -0.2) is 0 Å². The van der Waals surface area contributed by atoms with Gasteiger partial charge < -0.3 is 9.47 Å². The van der Waals surface area contributed by atoms with Crippen LogP contribution in [0.3, 0.4) is 0 Å². The molecule has 0 aliphatic rings. The van der Waals surface area contributed by atoms with E-state index in [0.29, 0.717) is 17.1 Å². The molecule has 0 radical (unpaired) electrons. The molecule has 0 saturated carbocycles. The van der Waals surface area contributed by atoms with Crippen molar-refractivity contribution in [2.24, 2.45) is 0 Å². The van der Waals surface area contributed by atoms with Crippen molar-refractivity contribution in [3.8, 4) is 0 Å². The maximum Gasteiger partial charge on any atom is 0.258 e. The molecule has 1 amide bonds. The minimum absolute atomic E-state index is 0.00696. The zero-order chi connectivity index (χ0) is 20.6. The predicted octanol–water partition coefficient (Wildman–Crippen LogP) is 5.38. The molecule has 0 aliphatic heterocycles. The lowest BCUT2D eigenvalue weighted by Gasteiger charge is -2.21. The Morgan fingerprint density at radius 1 is 1.14 bits per heavy atom. The van der Waals surface area contributed by atoms with E-state index in [4.69, 9.17) is 11.6 Å². The van der Waals surface area contributed by atoms with E-state index in [1.807, 2.05) is 32.0 Å². The molecule has 1 aromatic heterocycles. The van der Waals surface area contributed by atoms with Gasteiger partial charge in [-0.2, -0.15) is 0 Å². The van der Waals surface area contributed by atoms with Gasteiger partial charge in [-0.05, 0) is 67.3 Å². The van der Waals surface area contributed by atoms with Gasteiger partial charge in [-0.1, -0.05) is 25.4 Å².